The highest BCUT2D eigenvalue weighted by Crippen LogP contribution is 2.10. The zero-order valence-electron chi connectivity index (χ0n) is 10.7. The third kappa shape index (κ3) is 3.09. The van der Waals surface area contributed by atoms with Gasteiger partial charge in [0, 0.05) is 26.7 Å². The van der Waals surface area contributed by atoms with Crippen molar-refractivity contribution >= 4 is 11.9 Å². The Morgan fingerprint density at radius 3 is 2.59 bits per heavy atom. The molecule has 1 N–H and O–H groups in total. The molecular weight excluding hydrogens is 222 g/mol. The molecule has 0 radical (unpaired) electrons. The van der Waals surface area contributed by atoms with Crippen molar-refractivity contribution in [1.29, 1.82) is 0 Å². The lowest BCUT2D eigenvalue weighted by Crippen LogP contribution is -2.58. The van der Waals surface area contributed by atoms with Crippen molar-refractivity contribution in [2.24, 2.45) is 0 Å². The van der Waals surface area contributed by atoms with E-state index in [4.69, 9.17) is 4.74 Å². The molecule has 17 heavy (non-hydrogen) atoms. The van der Waals surface area contributed by atoms with Gasteiger partial charge in [-0.2, -0.15) is 0 Å². The maximum Gasteiger partial charge on any atom is 0.320 e. The topological polar surface area (TPSA) is 61.9 Å². The molecule has 0 aromatic carbocycles. The molecule has 1 aliphatic heterocycles. The van der Waals surface area contributed by atoms with Crippen LogP contribution in [0.5, 0.6) is 0 Å². The van der Waals surface area contributed by atoms with Crippen LogP contribution in [0.2, 0.25) is 0 Å². The minimum atomic E-state index is -0.512. The first kappa shape index (κ1) is 13.8. The maximum atomic E-state index is 12.2. The van der Waals surface area contributed by atoms with Crippen LogP contribution in [0.25, 0.3) is 0 Å². The lowest BCUT2D eigenvalue weighted by Gasteiger charge is -2.37. The van der Waals surface area contributed by atoms with Gasteiger partial charge in [-0.1, -0.05) is 0 Å². The van der Waals surface area contributed by atoms with E-state index >= 15 is 0 Å². The molecule has 1 heterocycles. The number of morpholine rings is 1. The highest BCUT2D eigenvalue weighted by atomic mass is 16.5. The number of rotatable bonds is 3. The SMILES string of the molecule is CCN(CC)C(=O)N1CCOCC1C(=O)NC. The van der Waals surface area contributed by atoms with Crippen LogP contribution in [-0.4, -0.2) is 67.7 Å². The Labute approximate surface area is 102 Å². The monoisotopic (exact) mass is 243 g/mol. The molecule has 0 bridgehead atoms. The van der Waals surface area contributed by atoms with Crippen LogP contribution in [0.3, 0.4) is 0 Å². The summed E-state index contributed by atoms with van der Waals surface area (Å²) in [6.07, 6.45) is 0. The average molecular weight is 243 g/mol. The van der Waals surface area contributed by atoms with Crippen LogP contribution in [0.1, 0.15) is 13.8 Å². The maximum absolute atomic E-state index is 12.2. The normalized spacial score (nSPS) is 19.9. The van der Waals surface area contributed by atoms with Crippen molar-refractivity contribution in [3.8, 4) is 0 Å². The number of likely N-dealkylation sites (N-methyl/N-ethyl adjacent to an activating group) is 1. The summed E-state index contributed by atoms with van der Waals surface area (Å²) >= 11 is 0. The highest BCUT2D eigenvalue weighted by molar-refractivity contribution is 5.87. The fourth-order valence-electron chi connectivity index (χ4n) is 1.89. The number of amides is 3. The summed E-state index contributed by atoms with van der Waals surface area (Å²) < 4.78 is 5.26. The number of nitrogens with one attached hydrogen (secondary N) is 1. The Morgan fingerprint density at radius 2 is 2.06 bits per heavy atom. The largest absolute Gasteiger partial charge is 0.377 e. The fourth-order valence-corrected chi connectivity index (χ4v) is 1.89. The number of hydrogen-bond acceptors (Lipinski definition) is 3. The fraction of sp³-hybridized carbons (Fsp3) is 0.818. The second-order valence-electron chi connectivity index (χ2n) is 3.85. The highest BCUT2D eigenvalue weighted by Gasteiger charge is 2.33. The standard InChI is InChI=1S/C11H21N3O3/c1-4-13(5-2)11(16)14-6-7-17-8-9(14)10(15)12-3/h9H,4-8H2,1-3H3,(H,12,15). The molecule has 1 fully saturated rings. The van der Waals surface area contributed by atoms with Crippen molar-refractivity contribution < 1.29 is 14.3 Å². The number of carbonyl (C=O) groups is 2. The second-order valence-corrected chi connectivity index (χ2v) is 3.85. The molecule has 6 nitrogen and oxygen atoms in total. The van der Waals surface area contributed by atoms with Gasteiger partial charge in [0.05, 0.1) is 13.2 Å². The van der Waals surface area contributed by atoms with Crippen molar-refractivity contribution in [1.82, 2.24) is 15.1 Å². The lowest BCUT2D eigenvalue weighted by atomic mass is 10.2. The first-order chi connectivity index (χ1) is 8.15. The Kier molecular flexibility index (Phi) is 5.21. The first-order valence-electron chi connectivity index (χ1n) is 6.00. The van der Waals surface area contributed by atoms with E-state index in [1.54, 1.807) is 16.8 Å². The molecule has 1 rings (SSSR count). The van der Waals surface area contributed by atoms with E-state index in [-0.39, 0.29) is 18.5 Å². The van der Waals surface area contributed by atoms with Crippen LogP contribution >= 0.6 is 0 Å². The van der Waals surface area contributed by atoms with E-state index in [1.807, 2.05) is 13.8 Å². The minimum Gasteiger partial charge on any atom is -0.377 e. The van der Waals surface area contributed by atoms with Gasteiger partial charge in [0.2, 0.25) is 5.91 Å². The van der Waals surface area contributed by atoms with Gasteiger partial charge in [-0.3, -0.25) is 4.79 Å². The van der Waals surface area contributed by atoms with Crippen molar-refractivity contribution in [3.63, 3.8) is 0 Å². The number of ether oxygens (including phenoxy) is 1. The number of hydrogen-bond donors (Lipinski definition) is 1. The molecule has 0 spiro atoms. The van der Waals surface area contributed by atoms with Gasteiger partial charge in [-0.25, -0.2) is 4.79 Å². The number of urea groups is 1. The van der Waals surface area contributed by atoms with Crippen LogP contribution < -0.4 is 5.32 Å². The molecular formula is C11H21N3O3. The predicted octanol–water partition coefficient (Wildman–Crippen LogP) is -0.105. The molecule has 3 amide bonds. The van der Waals surface area contributed by atoms with Crippen molar-refractivity contribution in [2.75, 3.05) is 39.9 Å². The summed E-state index contributed by atoms with van der Waals surface area (Å²) in [4.78, 5) is 27.2. The zero-order valence-corrected chi connectivity index (χ0v) is 10.7. The molecule has 1 atom stereocenters. The van der Waals surface area contributed by atoms with Crippen molar-refractivity contribution in [2.45, 2.75) is 19.9 Å². The summed E-state index contributed by atoms with van der Waals surface area (Å²) in [6.45, 7) is 6.37. The average Bonchev–Trinajstić information content (AvgIpc) is 2.39. The summed E-state index contributed by atoms with van der Waals surface area (Å²) in [5, 5.41) is 2.56. The van der Waals surface area contributed by atoms with Gasteiger partial charge in [0.1, 0.15) is 6.04 Å². The molecule has 0 aromatic rings. The first-order valence-corrected chi connectivity index (χ1v) is 6.00. The smallest absolute Gasteiger partial charge is 0.320 e. The Bertz CT molecular complexity index is 279. The zero-order chi connectivity index (χ0) is 12.8. The number of carbonyl (C=O) groups excluding carboxylic acids is 2. The van der Waals surface area contributed by atoms with Gasteiger partial charge in [0.25, 0.3) is 0 Å². The summed E-state index contributed by atoms with van der Waals surface area (Å²) in [7, 11) is 1.57. The van der Waals surface area contributed by atoms with E-state index < -0.39 is 6.04 Å². The van der Waals surface area contributed by atoms with Gasteiger partial charge in [0.15, 0.2) is 0 Å². The Morgan fingerprint density at radius 1 is 1.41 bits per heavy atom. The molecule has 1 aliphatic rings. The molecule has 98 valence electrons. The molecule has 0 saturated carbocycles. The second kappa shape index (κ2) is 6.44. The van der Waals surface area contributed by atoms with E-state index in [0.717, 1.165) is 0 Å². The summed E-state index contributed by atoms with van der Waals surface area (Å²) in [6, 6.07) is -0.603. The molecule has 1 unspecified atom stereocenters. The third-order valence-electron chi connectivity index (χ3n) is 2.96. The van der Waals surface area contributed by atoms with Gasteiger partial charge in [-0.15, -0.1) is 0 Å². The quantitative estimate of drug-likeness (QED) is 0.752. The lowest BCUT2D eigenvalue weighted by molar-refractivity contribution is -0.130. The van der Waals surface area contributed by atoms with E-state index in [1.165, 1.54) is 0 Å². The van der Waals surface area contributed by atoms with E-state index in [2.05, 4.69) is 5.32 Å². The van der Waals surface area contributed by atoms with E-state index in [0.29, 0.717) is 26.2 Å². The third-order valence-corrected chi connectivity index (χ3v) is 2.96. The number of nitrogens with zero attached hydrogens (tertiary/aromatic N) is 2. The van der Waals surface area contributed by atoms with Crippen LogP contribution in [-0.2, 0) is 9.53 Å². The van der Waals surface area contributed by atoms with Crippen LogP contribution in [0.15, 0.2) is 0 Å². The van der Waals surface area contributed by atoms with E-state index in [9.17, 15) is 9.59 Å². The predicted molar refractivity (Wildman–Crippen MR) is 63.7 cm³/mol. The molecule has 0 aliphatic carbocycles. The van der Waals surface area contributed by atoms with Crippen LogP contribution in [0.4, 0.5) is 4.79 Å². The Hall–Kier alpha value is -1.30. The molecule has 1 saturated heterocycles. The molecule has 6 heteroatoms. The van der Waals surface area contributed by atoms with Crippen LogP contribution in [0, 0.1) is 0 Å². The van der Waals surface area contributed by atoms with Gasteiger partial charge < -0.3 is 19.9 Å². The van der Waals surface area contributed by atoms with Gasteiger partial charge in [-0.05, 0) is 13.8 Å². The minimum absolute atomic E-state index is 0.0908. The Balaban J connectivity index is 2.76. The summed E-state index contributed by atoms with van der Waals surface area (Å²) in [5.41, 5.74) is 0. The van der Waals surface area contributed by atoms with Crippen molar-refractivity contribution in [3.05, 3.63) is 0 Å². The molecule has 0 aromatic heterocycles. The van der Waals surface area contributed by atoms with Gasteiger partial charge >= 0.3 is 6.03 Å². The summed E-state index contributed by atoms with van der Waals surface area (Å²) in [5.74, 6) is -0.176.